The minimum Gasteiger partial charge on any atom is -0.376 e. The van der Waals surface area contributed by atoms with Gasteiger partial charge in [-0.2, -0.15) is 0 Å². The third-order valence-electron chi connectivity index (χ3n) is 4.75. The van der Waals surface area contributed by atoms with Crippen LogP contribution in [0.5, 0.6) is 0 Å². The summed E-state index contributed by atoms with van der Waals surface area (Å²) < 4.78 is 11.8. The van der Waals surface area contributed by atoms with Gasteiger partial charge >= 0.3 is 0 Å². The highest BCUT2D eigenvalue weighted by Gasteiger charge is 2.23. The Bertz CT molecular complexity index is 352. The average Bonchev–Trinajstić information content (AvgIpc) is 2.58. The van der Waals surface area contributed by atoms with E-state index in [1.54, 1.807) is 0 Å². The van der Waals surface area contributed by atoms with Crippen LogP contribution in [-0.4, -0.2) is 63.0 Å². The number of likely N-dealkylation sites (tertiary alicyclic amines) is 1. The first kappa shape index (κ1) is 22.0. The summed E-state index contributed by atoms with van der Waals surface area (Å²) in [6.45, 7) is 9.23. The molecule has 1 unspecified atom stereocenters. The summed E-state index contributed by atoms with van der Waals surface area (Å²) in [4.78, 5) is 6.78. The van der Waals surface area contributed by atoms with Crippen LogP contribution in [0.4, 0.5) is 0 Å². The predicted octanol–water partition coefficient (Wildman–Crippen LogP) is 3.28. The van der Waals surface area contributed by atoms with Crippen LogP contribution in [-0.2, 0) is 9.47 Å². The van der Waals surface area contributed by atoms with Crippen LogP contribution in [0.1, 0.15) is 52.4 Å². The molecule has 2 rings (SSSR count). The van der Waals surface area contributed by atoms with Crippen LogP contribution in [0, 0.1) is 5.92 Å². The van der Waals surface area contributed by atoms with E-state index in [0.29, 0.717) is 12.2 Å². The summed E-state index contributed by atoms with van der Waals surface area (Å²) in [6, 6.07) is 0. The Morgan fingerprint density at radius 1 is 1.25 bits per heavy atom. The van der Waals surface area contributed by atoms with Gasteiger partial charge in [-0.3, -0.25) is 4.99 Å². The molecule has 0 saturated carbocycles. The summed E-state index contributed by atoms with van der Waals surface area (Å²) in [5, 5.41) is 3.48. The van der Waals surface area contributed by atoms with Gasteiger partial charge in [0.1, 0.15) is 0 Å². The monoisotopic (exact) mass is 453 g/mol. The molecule has 2 aliphatic heterocycles. The molecule has 2 heterocycles. The van der Waals surface area contributed by atoms with Crippen molar-refractivity contribution in [3.63, 3.8) is 0 Å². The second kappa shape index (κ2) is 12.3. The largest absolute Gasteiger partial charge is 0.376 e. The summed E-state index contributed by atoms with van der Waals surface area (Å²) in [5.74, 6) is 1.77. The molecular formula is C18H36IN3O2. The topological polar surface area (TPSA) is 46.1 Å². The fraction of sp³-hybridized carbons (Fsp3) is 0.944. The zero-order valence-electron chi connectivity index (χ0n) is 15.6. The van der Waals surface area contributed by atoms with E-state index in [4.69, 9.17) is 9.47 Å². The van der Waals surface area contributed by atoms with Crippen molar-refractivity contribution in [2.75, 3.05) is 39.9 Å². The summed E-state index contributed by atoms with van der Waals surface area (Å²) in [5.41, 5.74) is 0. The highest BCUT2D eigenvalue weighted by molar-refractivity contribution is 14.0. The maximum atomic E-state index is 6.08. The van der Waals surface area contributed by atoms with Gasteiger partial charge < -0.3 is 19.7 Å². The zero-order valence-corrected chi connectivity index (χ0v) is 18.0. The van der Waals surface area contributed by atoms with E-state index < -0.39 is 0 Å². The maximum Gasteiger partial charge on any atom is 0.193 e. The molecule has 0 aromatic rings. The lowest BCUT2D eigenvalue weighted by molar-refractivity contribution is -0.0721. The van der Waals surface area contributed by atoms with Crippen LogP contribution >= 0.6 is 24.0 Å². The third kappa shape index (κ3) is 7.87. The first-order valence-corrected chi connectivity index (χ1v) is 9.38. The zero-order chi connectivity index (χ0) is 16.5. The van der Waals surface area contributed by atoms with Gasteiger partial charge in [0.15, 0.2) is 5.96 Å². The Kier molecular flexibility index (Phi) is 11.3. The first-order chi connectivity index (χ1) is 11.2. The van der Waals surface area contributed by atoms with Gasteiger partial charge in [-0.15, -0.1) is 24.0 Å². The average molecular weight is 453 g/mol. The van der Waals surface area contributed by atoms with Gasteiger partial charge in [-0.05, 0) is 44.4 Å². The predicted molar refractivity (Wildman–Crippen MR) is 110 cm³/mol. The molecule has 0 bridgehead atoms. The smallest absolute Gasteiger partial charge is 0.193 e. The second-order valence-corrected chi connectivity index (χ2v) is 7.16. The summed E-state index contributed by atoms with van der Waals surface area (Å²) >= 11 is 0. The number of hydrogen-bond acceptors (Lipinski definition) is 3. The molecule has 0 spiro atoms. The quantitative estimate of drug-likeness (QED) is 0.381. The van der Waals surface area contributed by atoms with Crippen molar-refractivity contribution in [3.05, 3.63) is 0 Å². The lowest BCUT2D eigenvalue weighted by atomic mass is 10.1. The van der Waals surface area contributed by atoms with E-state index in [2.05, 4.69) is 29.1 Å². The number of halogens is 1. The van der Waals surface area contributed by atoms with Gasteiger partial charge in [-0.25, -0.2) is 0 Å². The molecule has 0 amide bonds. The van der Waals surface area contributed by atoms with Gasteiger partial charge in [0, 0.05) is 33.3 Å². The molecule has 5 nitrogen and oxygen atoms in total. The van der Waals surface area contributed by atoms with Crippen LogP contribution in [0.15, 0.2) is 4.99 Å². The van der Waals surface area contributed by atoms with Crippen LogP contribution in [0.3, 0.4) is 0 Å². The molecule has 142 valence electrons. The molecule has 1 N–H and O–H groups in total. The number of ether oxygens (including phenoxy) is 2. The van der Waals surface area contributed by atoms with Crippen LogP contribution < -0.4 is 5.32 Å². The summed E-state index contributed by atoms with van der Waals surface area (Å²) in [7, 11) is 1.88. The van der Waals surface area contributed by atoms with Gasteiger partial charge in [0.05, 0.1) is 18.8 Å². The minimum atomic E-state index is 0. The van der Waals surface area contributed by atoms with Crippen LogP contribution in [0.2, 0.25) is 0 Å². The maximum absolute atomic E-state index is 6.08. The van der Waals surface area contributed by atoms with Crippen molar-refractivity contribution in [2.45, 2.75) is 64.6 Å². The van der Waals surface area contributed by atoms with E-state index >= 15 is 0 Å². The number of nitrogens with zero attached hydrogens (tertiary/aromatic N) is 2. The molecular weight excluding hydrogens is 417 g/mol. The van der Waals surface area contributed by atoms with E-state index in [-0.39, 0.29) is 24.0 Å². The molecule has 24 heavy (non-hydrogen) atoms. The van der Waals surface area contributed by atoms with Crippen molar-refractivity contribution >= 4 is 29.9 Å². The first-order valence-electron chi connectivity index (χ1n) is 9.38. The van der Waals surface area contributed by atoms with Gasteiger partial charge in [-0.1, -0.05) is 13.8 Å². The number of hydrogen-bond donors (Lipinski definition) is 1. The highest BCUT2D eigenvalue weighted by atomic mass is 127. The molecule has 0 aromatic heterocycles. The van der Waals surface area contributed by atoms with Crippen molar-refractivity contribution in [2.24, 2.45) is 10.9 Å². The van der Waals surface area contributed by atoms with E-state index in [9.17, 15) is 0 Å². The number of piperidine rings is 1. The lowest BCUT2D eigenvalue weighted by Crippen LogP contribution is -2.47. The molecule has 6 heteroatoms. The number of rotatable bonds is 6. The van der Waals surface area contributed by atoms with Gasteiger partial charge in [0.2, 0.25) is 0 Å². The number of guanidine groups is 1. The van der Waals surface area contributed by atoms with Gasteiger partial charge in [0.25, 0.3) is 0 Å². The Balaban J connectivity index is 0.00000288. The normalized spacial score (nSPS) is 23.2. The van der Waals surface area contributed by atoms with E-state index in [1.165, 1.54) is 19.3 Å². The fourth-order valence-electron chi connectivity index (χ4n) is 3.22. The Labute approximate surface area is 165 Å². The Hall–Kier alpha value is -0.0800. The lowest BCUT2D eigenvalue weighted by Gasteiger charge is -2.35. The fourth-order valence-corrected chi connectivity index (χ4v) is 3.22. The number of aliphatic imine (C=N–C) groups is 1. The molecule has 2 fully saturated rings. The molecule has 0 aliphatic carbocycles. The van der Waals surface area contributed by atoms with Crippen LogP contribution in [0.25, 0.3) is 0 Å². The second-order valence-electron chi connectivity index (χ2n) is 7.16. The number of nitrogens with one attached hydrogen (secondary N) is 1. The molecule has 0 radical (unpaired) electrons. The van der Waals surface area contributed by atoms with Crippen molar-refractivity contribution in [1.29, 1.82) is 0 Å². The van der Waals surface area contributed by atoms with E-state index in [1.807, 2.05) is 7.05 Å². The summed E-state index contributed by atoms with van der Waals surface area (Å²) in [6.07, 6.45) is 7.70. The van der Waals surface area contributed by atoms with Crippen molar-refractivity contribution in [3.8, 4) is 0 Å². The molecule has 2 saturated heterocycles. The van der Waals surface area contributed by atoms with Crippen molar-refractivity contribution < 1.29 is 9.47 Å². The SMILES string of the molecule is CN=C(NCCC(C)C)N1CCC(OCC2CCCCO2)CC1.I. The molecule has 0 aromatic carbocycles. The molecule has 2 aliphatic rings. The van der Waals surface area contributed by atoms with Crippen molar-refractivity contribution in [1.82, 2.24) is 10.2 Å². The Morgan fingerprint density at radius 3 is 2.58 bits per heavy atom. The minimum absolute atomic E-state index is 0. The Morgan fingerprint density at radius 2 is 2.00 bits per heavy atom. The molecule has 1 atom stereocenters. The standard InChI is InChI=1S/C18H35N3O2.HI/c1-15(2)7-10-20-18(19-3)21-11-8-16(9-12-21)23-14-17-6-4-5-13-22-17;/h15-17H,4-14H2,1-3H3,(H,19,20);1H. The van der Waals surface area contributed by atoms with E-state index in [0.717, 1.165) is 64.0 Å². The highest BCUT2D eigenvalue weighted by Crippen LogP contribution is 2.17. The third-order valence-corrected chi connectivity index (χ3v) is 4.75.